The Kier molecular flexibility index (Phi) is 5.94. The van der Waals surface area contributed by atoms with Gasteiger partial charge in [0.05, 0.1) is 29.8 Å². The van der Waals surface area contributed by atoms with Gasteiger partial charge < -0.3 is 4.74 Å². The Hall–Kier alpha value is -3.39. The number of carbonyl (C=O) groups is 1. The quantitative estimate of drug-likeness (QED) is 0.419. The molecule has 0 spiro atoms. The number of carbonyl (C=O) groups excluding carboxylic acids is 1. The van der Waals surface area contributed by atoms with Crippen molar-refractivity contribution >= 4 is 32.6 Å². The molecule has 0 N–H and O–H groups in total. The van der Waals surface area contributed by atoms with Gasteiger partial charge in [0.2, 0.25) is 5.91 Å². The Bertz CT molecular complexity index is 1170. The summed E-state index contributed by atoms with van der Waals surface area (Å²) in [5.41, 5.74) is 1.31. The molecule has 0 aliphatic carbocycles. The lowest BCUT2D eigenvalue weighted by Crippen LogP contribution is -2.31. The summed E-state index contributed by atoms with van der Waals surface area (Å²) in [4.78, 5) is 23.0. The molecule has 0 saturated carbocycles. The summed E-state index contributed by atoms with van der Waals surface area (Å²) >= 11 is 1.30. The minimum Gasteiger partial charge on any atom is -0.490 e. The van der Waals surface area contributed by atoms with E-state index in [-0.39, 0.29) is 37.0 Å². The number of fused-ring (bicyclic) bond motifs is 1. The third-order valence-corrected chi connectivity index (χ3v) is 5.40. The molecule has 4 aromatic rings. The summed E-state index contributed by atoms with van der Waals surface area (Å²) in [6, 6.07) is 14.0. The third-order valence-electron chi connectivity index (χ3n) is 4.34. The van der Waals surface area contributed by atoms with E-state index in [0.29, 0.717) is 10.6 Å². The number of benzene rings is 2. The lowest BCUT2D eigenvalue weighted by Gasteiger charge is -2.20. The molecule has 4 rings (SSSR count). The van der Waals surface area contributed by atoms with Crippen LogP contribution >= 0.6 is 11.3 Å². The van der Waals surface area contributed by atoms with Gasteiger partial charge in [-0.05, 0) is 35.9 Å². The summed E-state index contributed by atoms with van der Waals surface area (Å²) in [5, 5.41) is 0.454. The second-order valence-corrected chi connectivity index (χ2v) is 7.49. The minimum absolute atomic E-state index is 0.0167. The smallest absolute Gasteiger partial charge is 0.232 e. The van der Waals surface area contributed by atoms with Gasteiger partial charge in [0.1, 0.15) is 5.82 Å². The SMILES string of the molecule is O=C(CCOc1ccccc1F)N(Cc1cccnc1)c1nc2cc(F)ccc2s1. The first kappa shape index (κ1) is 19.9. The fourth-order valence-electron chi connectivity index (χ4n) is 2.89. The number of hydrogen-bond acceptors (Lipinski definition) is 5. The van der Waals surface area contributed by atoms with E-state index in [1.165, 1.54) is 40.5 Å². The topological polar surface area (TPSA) is 55.3 Å². The van der Waals surface area contributed by atoms with E-state index in [1.54, 1.807) is 36.7 Å². The van der Waals surface area contributed by atoms with E-state index in [9.17, 15) is 13.6 Å². The molecule has 0 saturated heterocycles. The zero-order chi connectivity index (χ0) is 20.9. The molecular weight excluding hydrogens is 408 g/mol. The maximum Gasteiger partial charge on any atom is 0.232 e. The average molecular weight is 425 g/mol. The van der Waals surface area contributed by atoms with Crippen LogP contribution < -0.4 is 9.64 Å². The molecule has 0 aliphatic rings. The molecule has 2 aromatic heterocycles. The number of thiazole rings is 1. The molecule has 2 heterocycles. The molecule has 0 radical (unpaired) electrons. The van der Waals surface area contributed by atoms with Crippen molar-refractivity contribution in [2.75, 3.05) is 11.5 Å². The first-order chi connectivity index (χ1) is 14.6. The van der Waals surface area contributed by atoms with Crippen molar-refractivity contribution in [3.05, 3.63) is 84.2 Å². The second kappa shape index (κ2) is 8.96. The van der Waals surface area contributed by atoms with Crippen LogP contribution in [0.1, 0.15) is 12.0 Å². The number of halogens is 2. The molecule has 30 heavy (non-hydrogen) atoms. The van der Waals surface area contributed by atoms with Crippen molar-refractivity contribution in [2.45, 2.75) is 13.0 Å². The van der Waals surface area contributed by atoms with E-state index >= 15 is 0 Å². The third kappa shape index (κ3) is 4.60. The van der Waals surface area contributed by atoms with Crippen molar-refractivity contribution in [3.63, 3.8) is 0 Å². The number of anilines is 1. The fourth-order valence-corrected chi connectivity index (χ4v) is 3.85. The minimum atomic E-state index is -0.481. The lowest BCUT2D eigenvalue weighted by atomic mass is 10.2. The summed E-state index contributed by atoms with van der Waals surface area (Å²) < 4.78 is 33.4. The highest BCUT2D eigenvalue weighted by atomic mass is 32.1. The summed E-state index contributed by atoms with van der Waals surface area (Å²) in [6.45, 7) is 0.275. The van der Waals surface area contributed by atoms with Crippen LogP contribution in [-0.4, -0.2) is 22.5 Å². The Morgan fingerprint density at radius 1 is 1.10 bits per heavy atom. The zero-order valence-electron chi connectivity index (χ0n) is 15.8. The number of pyridine rings is 1. The van der Waals surface area contributed by atoms with Crippen molar-refractivity contribution in [1.82, 2.24) is 9.97 Å². The number of para-hydroxylation sites is 1. The van der Waals surface area contributed by atoms with Crippen LogP contribution in [0.4, 0.5) is 13.9 Å². The number of hydrogen-bond donors (Lipinski definition) is 0. The molecule has 1 amide bonds. The molecule has 2 aromatic carbocycles. The number of rotatable bonds is 7. The van der Waals surface area contributed by atoms with Gasteiger partial charge in [-0.1, -0.05) is 29.5 Å². The van der Waals surface area contributed by atoms with E-state index < -0.39 is 5.82 Å². The Balaban J connectivity index is 1.54. The zero-order valence-corrected chi connectivity index (χ0v) is 16.6. The molecule has 8 heteroatoms. The molecule has 0 unspecified atom stereocenters. The van der Waals surface area contributed by atoms with E-state index in [1.807, 2.05) is 6.07 Å². The summed E-state index contributed by atoms with van der Waals surface area (Å²) in [7, 11) is 0. The van der Waals surface area contributed by atoms with E-state index in [4.69, 9.17) is 4.74 Å². The summed E-state index contributed by atoms with van der Waals surface area (Å²) in [5.74, 6) is -1.01. The molecule has 0 fully saturated rings. The van der Waals surface area contributed by atoms with Crippen LogP contribution in [0.25, 0.3) is 10.2 Å². The van der Waals surface area contributed by atoms with Crippen LogP contribution in [0.3, 0.4) is 0 Å². The van der Waals surface area contributed by atoms with Crippen LogP contribution in [-0.2, 0) is 11.3 Å². The molecule has 0 bridgehead atoms. The predicted molar refractivity (Wildman–Crippen MR) is 112 cm³/mol. The van der Waals surface area contributed by atoms with Crippen LogP contribution in [0.2, 0.25) is 0 Å². The standard InChI is InChI=1S/C22H17F2N3O2S/c23-16-7-8-20-18(12-16)26-22(30-20)27(14-15-4-3-10-25-13-15)21(28)9-11-29-19-6-2-1-5-17(19)24/h1-8,10,12-13H,9,11,14H2. The first-order valence-electron chi connectivity index (χ1n) is 9.23. The van der Waals surface area contributed by atoms with Gasteiger partial charge in [-0.2, -0.15) is 0 Å². The monoisotopic (exact) mass is 425 g/mol. The maximum absolute atomic E-state index is 13.7. The van der Waals surface area contributed by atoms with Crippen molar-refractivity contribution in [1.29, 1.82) is 0 Å². The Morgan fingerprint density at radius 2 is 1.97 bits per heavy atom. The van der Waals surface area contributed by atoms with Gasteiger partial charge in [0, 0.05) is 18.5 Å². The molecule has 0 atom stereocenters. The summed E-state index contributed by atoms with van der Waals surface area (Å²) in [6.07, 6.45) is 3.35. The second-order valence-electron chi connectivity index (χ2n) is 6.48. The lowest BCUT2D eigenvalue weighted by molar-refractivity contribution is -0.119. The van der Waals surface area contributed by atoms with Crippen molar-refractivity contribution in [3.8, 4) is 5.75 Å². The van der Waals surface area contributed by atoms with E-state index in [0.717, 1.165) is 10.3 Å². The normalized spacial score (nSPS) is 10.9. The van der Waals surface area contributed by atoms with Crippen LogP contribution in [0.5, 0.6) is 5.75 Å². The molecule has 5 nitrogen and oxygen atoms in total. The van der Waals surface area contributed by atoms with Crippen LogP contribution in [0.15, 0.2) is 67.0 Å². The first-order valence-corrected chi connectivity index (χ1v) is 10.0. The predicted octanol–water partition coefficient (Wildman–Crippen LogP) is 4.97. The maximum atomic E-state index is 13.7. The Morgan fingerprint density at radius 3 is 2.77 bits per heavy atom. The van der Waals surface area contributed by atoms with Gasteiger partial charge in [-0.3, -0.25) is 14.7 Å². The van der Waals surface area contributed by atoms with Gasteiger partial charge in [0.15, 0.2) is 16.7 Å². The van der Waals surface area contributed by atoms with Gasteiger partial charge in [0.25, 0.3) is 0 Å². The van der Waals surface area contributed by atoms with Crippen molar-refractivity contribution in [2.24, 2.45) is 0 Å². The van der Waals surface area contributed by atoms with Gasteiger partial charge >= 0.3 is 0 Å². The molecule has 152 valence electrons. The number of nitrogens with zero attached hydrogens (tertiary/aromatic N) is 3. The van der Waals surface area contributed by atoms with E-state index in [2.05, 4.69) is 9.97 Å². The van der Waals surface area contributed by atoms with Gasteiger partial charge in [-0.15, -0.1) is 0 Å². The largest absolute Gasteiger partial charge is 0.490 e. The van der Waals surface area contributed by atoms with Gasteiger partial charge in [-0.25, -0.2) is 13.8 Å². The number of amides is 1. The molecule has 0 aliphatic heterocycles. The Labute approximate surface area is 175 Å². The van der Waals surface area contributed by atoms with Crippen LogP contribution in [0, 0.1) is 11.6 Å². The highest BCUT2D eigenvalue weighted by Gasteiger charge is 2.21. The number of aromatic nitrogens is 2. The molecular formula is C22H17F2N3O2S. The highest BCUT2D eigenvalue weighted by molar-refractivity contribution is 7.22. The highest BCUT2D eigenvalue weighted by Crippen LogP contribution is 2.30. The average Bonchev–Trinajstić information content (AvgIpc) is 3.17. The fraction of sp³-hybridized carbons (Fsp3) is 0.136. The number of ether oxygens (including phenoxy) is 1. The van der Waals surface area contributed by atoms with Crippen molar-refractivity contribution < 1.29 is 18.3 Å².